The lowest BCUT2D eigenvalue weighted by Crippen LogP contribution is -2.46. The van der Waals surface area contributed by atoms with Gasteiger partial charge in [-0.15, -0.1) is 0 Å². The zero-order valence-electron chi connectivity index (χ0n) is 9.41. The number of fused-ring (bicyclic) bond motifs is 1. The maximum atomic E-state index is 12.0. The fourth-order valence-electron chi connectivity index (χ4n) is 2.12. The van der Waals surface area contributed by atoms with Gasteiger partial charge in [0.05, 0.1) is 0 Å². The molecule has 86 valence electrons. The predicted octanol–water partition coefficient (Wildman–Crippen LogP) is -0.0784. The van der Waals surface area contributed by atoms with Crippen molar-refractivity contribution in [2.24, 2.45) is 5.73 Å². The minimum atomic E-state index is -0.690. The highest BCUT2D eigenvalue weighted by Gasteiger charge is 2.38. The minimum Gasteiger partial charge on any atom is -0.330 e. The highest BCUT2D eigenvalue weighted by molar-refractivity contribution is 5.95. The average molecular weight is 221 g/mol. The van der Waals surface area contributed by atoms with Gasteiger partial charge < -0.3 is 11.1 Å². The summed E-state index contributed by atoms with van der Waals surface area (Å²) in [5, 5.41) is 2.81. The maximum absolute atomic E-state index is 12.0. The van der Waals surface area contributed by atoms with Crippen molar-refractivity contribution < 1.29 is 4.79 Å². The van der Waals surface area contributed by atoms with E-state index in [-0.39, 0.29) is 11.5 Å². The molecule has 0 fully saturated rings. The van der Waals surface area contributed by atoms with Crippen molar-refractivity contribution in [3.8, 4) is 0 Å². The average Bonchev–Trinajstić information content (AvgIpc) is 2.45. The number of nitrogens with one attached hydrogen (secondary N) is 1. The van der Waals surface area contributed by atoms with Gasteiger partial charge in [0.15, 0.2) is 0 Å². The summed E-state index contributed by atoms with van der Waals surface area (Å²) in [7, 11) is 0. The van der Waals surface area contributed by atoms with Gasteiger partial charge in [-0.1, -0.05) is 6.07 Å². The number of carbonyl (C=O) groups excluding carboxylic acids is 1. The molecule has 16 heavy (non-hydrogen) atoms. The molecule has 1 aliphatic heterocycles. The molecular formula is C11H15N3O2. The Morgan fingerprint density at radius 1 is 1.44 bits per heavy atom. The molecule has 1 aromatic rings. The quantitative estimate of drug-likeness (QED) is 0.733. The molecule has 0 aliphatic carbocycles. The second-order valence-corrected chi connectivity index (χ2v) is 4.31. The van der Waals surface area contributed by atoms with E-state index in [9.17, 15) is 9.59 Å². The largest absolute Gasteiger partial charge is 0.330 e. The van der Waals surface area contributed by atoms with Gasteiger partial charge in [0.25, 0.3) is 11.5 Å². The lowest BCUT2D eigenvalue weighted by Gasteiger charge is -2.26. The third-order valence-corrected chi connectivity index (χ3v) is 3.01. The number of amides is 1. The van der Waals surface area contributed by atoms with Crippen LogP contribution in [0.5, 0.6) is 0 Å². The molecule has 1 aliphatic rings. The first kappa shape index (κ1) is 10.9. The van der Waals surface area contributed by atoms with E-state index in [4.69, 9.17) is 5.73 Å². The molecule has 5 heteroatoms. The van der Waals surface area contributed by atoms with E-state index in [1.54, 1.807) is 19.1 Å². The third kappa shape index (κ3) is 1.36. The number of pyridine rings is 1. The second-order valence-electron chi connectivity index (χ2n) is 4.31. The van der Waals surface area contributed by atoms with Crippen LogP contribution in [-0.2, 0) is 5.66 Å². The van der Waals surface area contributed by atoms with Crippen molar-refractivity contribution in [1.82, 2.24) is 9.88 Å². The van der Waals surface area contributed by atoms with Crippen molar-refractivity contribution >= 4 is 5.91 Å². The molecule has 0 aromatic carbocycles. The Kier molecular flexibility index (Phi) is 2.35. The van der Waals surface area contributed by atoms with Crippen molar-refractivity contribution in [3.05, 3.63) is 33.7 Å². The Labute approximate surface area is 93.3 Å². The van der Waals surface area contributed by atoms with E-state index in [0.29, 0.717) is 24.2 Å². The number of aryl methyl sites for hydroxylation is 1. The Balaban J connectivity index is 2.68. The highest BCUT2D eigenvalue weighted by atomic mass is 16.2. The molecule has 2 rings (SSSR count). The summed E-state index contributed by atoms with van der Waals surface area (Å²) in [6.07, 6.45) is 0.537. The zero-order chi connectivity index (χ0) is 11.9. The van der Waals surface area contributed by atoms with Crippen LogP contribution in [0.4, 0.5) is 0 Å². The van der Waals surface area contributed by atoms with Crippen LogP contribution in [0.25, 0.3) is 0 Å². The van der Waals surface area contributed by atoms with Crippen LogP contribution >= 0.6 is 0 Å². The summed E-state index contributed by atoms with van der Waals surface area (Å²) in [4.78, 5) is 23.7. The highest BCUT2D eigenvalue weighted by Crippen LogP contribution is 2.23. The van der Waals surface area contributed by atoms with E-state index >= 15 is 0 Å². The van der Waals surface area contributed by atoms with Crippen LogP contribution in [0, 0.1) is 6.92 Å². The van der Waals surface area contributed by atoms with Crippen molar-refractivity contribution in [2.45, 2.75) is 25.9 Å². The third-order valence-electron chi connectivity index (χ3n) is 3.01. The van der Waals surface area contributed by atoms with Crippen LogP contribution in [-0.4, -0.2) is 17.0 Å². The molecule has 1 amide bonds. The topological polar surface area (TPSA) is 77.1 Å². The number of hydrogen-bond acceptors (Lipinski definition) is 3. The maximum Gasteiger partial charge on any atom is 0.269 e. The standard InChI is InChI=1S/C11H15N3O2/c1-7-3-4-8-9(15)13-11(2,5-6-12)14(8)10(7)16/h3-4H,5-6,12H2,1-2H3,(H,13,15). The van der Waals surface area contributed by atoms with Crippen LogP contribution in [0.1, 0.15) is 29.4 Å². The smallest absolute Gasteiger partial charge is 0.269 e. The minimum absolute atomic E-state index is 0.133. The van der Waals surface area contributed by atoms with Crippen LogP contribution in [0.15, 0.2) is 16.9 Å². The Hall–Kier alpha value is -1.62. The summed E-state index contributed by atoms with van der Waals surface area (Å²) >= 11 is 0. The Morgan fingerprint density at radius 3 is 2.75 bits per heavy atom. The zero-order valence-corrected chi connectivity index (χ0v) is 9.41. The van der Waals surface area contributed by atoms with Gasteiger partial charge in [0.1, 0.15) is 11.4 Å². The van der Waals surface area contributed by atoms with Gasteiger partial charge in [-0.05, 0) is 26.5 Å². The molecule has 3 N–H and O–H groups in total. The predicted molar refractivity (Wildman–Crippen MR) is 60.2 cm³/mol. The lowest BCUT2D eigenvalue weighted by atomic mass is 10.1. The van der Waals surface area contributed by atoms with E-state index < -0.39 is 5.66 Å². The van der Waals surface area contributed by atoms with Crippen molar-refractivity contribution in [3.63, 3.8) is 0 Å². The molecule has 5 nitrogen and oxygen atoms in total. The van der Waals surface area contributed by atoms with Crippen LogP contribution in [0.2, 0.25) is 0 Å². The summed E-state index contributed by atoms with van der Waals surface area (Å²) in [5.41, 5.74) is 5.73. The molecule has 0 saturated heterocycles. The second kappa shape index (κ2) is 3.45. The number of nitrogens with two attached hydrogens (primary N) is 1. The first-order valence-electron chi connectivity index (χ1n) is 5.25. The monoisotopic (exact) mass is 221 g/mol. The van der Waals surface area contributed by atoms with E-state index in [1.807, 2.05) is 6.92 Å². The Bertz CT molecular complexity index is 506. The SMILES string of the molecule is Cc1ccc2n(c1=O)C(C)(CCN)NC2=O. The van der Waals surface area contributed by atoms with E-state index in [0.717, 1.165) is 0 Å². The number of nitrogens with zero attached hydrogens (tertiary/aromatic N) is 1. The van der Waals surface area contributed by atoms with Gasteiger partial charge in [0.2, 0.25) is 0 Å². The van der Waals surface area contributed by atoms with Gasteiger partial charge in [-0.25, -0.2) is 0 Å². The van der Waals surface area contributed by atoms with E-state index in [1.165, 1.54) is 4.57 Å². The van der Waals surface area contributed by atoms with E-state index in [2.05, 4.69) is 5.32 Å². The van der Waals surface area contributed by atoms with Gasteiger partial charge >= 0.3 is 0 Å². The molecule has 0 saturated carbocycles. The van der Waals surface area contributed by atoms with Crippen LogP contribution < -0.4 is 16.6 Å². The number of hydrogen-bond donors (Lipinski definition) is 2. The van der Waals surface area contributed by atoms with Gasteiger partial charge in [-0.3, -0.25) is 14.2 Å². The molecule has 1 aromatic heterocycles. The molecule has 0 spiro atoms. The van der Waals surface area contributed by atoms with Crippen molar-refractivity contribution in [1.29, 1.82) is 0 Å². The molecule has 2 heterocycles. The number of carbonyl (C=O) groups is 1. The molecular weight excluding hydrogens is 206 g/mol. The molecule has 1 unspecified atom stereocenters. The number of rotatable bonds is 2. The summed E-state index contributed by atoms with van der Waals surface area (Å²) in [5.74, 6) is -0.215. The summed E-state index contributed by atoms with van der Waals surface area (Å²) in [6.45, 7) is 3.97. The summed E-state index contributed by atoms with van der Waals surface area (Å²) in [6, 6.07) is 3.34. The Morgan fingerprint density at radius 2 is 2.12 bits per heavy atom. The van der Waals surface area contributed by atoms with Gasteiger partial charge in [0, 0.05) is 12.0 Å². The first-order valence-corrected chi connectivity index (χ1v) is 5.25. The molecule has 1 atom stereocenters. The molecule has 0 bridgehead atoms. The molecule has 0 radical (unpaired) electrons. The summed E-state index contributed by atoms with van der Waals surface area (Å²) < 4.78 is 1.51. The van der Waals surface area contributed by atoms with Crippen molar-refractivity contribution in [2.75, 3.05) is 6.54 Å². The number of aromatic nitrogens is 1. The van der Waals surface area contributed by atoms with Gasteiger partial charge in [-0.2, -0.15) is 0 Å². The fourth-order valence-corrected chi connectivity index (χ4v) is 2.12. The first-order chi connectivity index (χ1) is 7.49. The normalized spacial score (nSPS) is 23.1. The van der Waals surface area contributed by atoms with Crippen LogP contribution in [0.3, 0.4) is 0 Å². The lowest BCUT2D eigenvalue weighted by molar-refractivity contribution is 0.0923. The fraction of sp³-hybridized carbons (Fsp3) is 0.455.